The van der Waals surface area contributed by atoms with Gasteiger partial charge in [0, 0.05) is 6.54 Å². The average molecular weight is 352 g/mol. The Balaban J connectivity index is 1.66. The summed E-state index contributed by atoms with van der Waals surface area (Å²) in [5, 5.41) is 11.5. The van der Waals surface area contributed by atoms with Crippen LogP contribution in [0.15, 0.2) is 48.5 Å². The van der Waals surface area contributed by atoms with Crippen LogP contribution in [0.5, 0.6) is 0 Å². The molecule has 0 bridgehead atoms. The van der Waals surface area contributed by atoms with Gasteiger partial charge in [0.05, 0.1) is 16.7 Å². The van der Waals surface area contributed by atoms with Crippen LogP contribution in [-0.4, -0.2) is 39.7 Å². The van der Waals surface area contributed by atoms with Crippen LogP contribution in [0.3, 0.4) is 0 Å². The number of carboxylic acids is 1. The Bertz CT molecular complexity index is 869. The van der Waals surface area contributed by atoms with E-state index in [1.54, 1.807) is 36.4 Å². The summed E-state index contributed by atoms with van der Waals surface area (Å²) >= 11 is 0. The van der Waals surface area contributed by atoms with Crippen molar-refractivity contribution in [1.29, 1.82) is 0 Å². The first kappa shape index (κ1) is 17.3. The molecule has 0 fully saturated rings. The van der Waals surface area contributed by atoms with E-state index in [0.29, 0.717) is 16.7 Å². The number of carbonyl (C=O) groups is 4. The van der Waals surface area contributed by atoms with E-state index in [9.17, 15) is 19.2 Å². The molecule has 0 aliphatic carbocycles. The first-order valence-corrected chi connectivity index (χ1v) is 7.97. The fraction of sp³-hybridized carbons (Fsp3) is 0.158. The molecule has 3 amide bonds. The number of amides is 3. The molecule has 0 spiro atoms. The highest BCUT2D eigenvalue weighted by atomic mass is 16.4. The van der Waals surface area contributed by atoms with Gasteiger partial charge in [-0.3, -0.25) is 19.3 Å². The predicted octanol–water partition coefficient (Wildman–Crippen LogP) is 1.69. The van der Waals surface area contributed by atoms with E-state index < -0.39 is 29.7 Å². The molecule has 2 aromatic carbocycles. The van der Waals surface area contributed by atoms with Crippen molar-refractivity contribution >= 4 is 23.7 Å². The number of hydrogen-bond donors (Lipinski definition) is 2. The van der Waals surface area contributed by atoms with Crippen LogP contribution in [0.1, 0.15) is 43.6 Å². The maximum Gasteiger partial charge on any atom is 0.335 e. The lowest BCUT2D eigenvalue weighted by Gasteiger charge is -2.21. The first-order valence-electron chi connectivity index (χ1n) is 7.97. The highest BCUT2D eigenvalue weighted by Crippen LogP contribution is 2.24. The van der Waals surface area contributed by atoms with Crippen LogP contribution in [0.4, 0.5) is 0 Å². The molecular formula is C19H16N2O5. The molecule has 2 aromatic rings. The Labute approximate surface area is 149 Å². The topological polar surface area (TPSA) is 104 Å². The number of benzene rings is 2. The minimum atomic E-state index is -1.03. The van der Waals surface area contributed by atoms with Crippen molar-refractivity contribution in [2.45, 2.75) is 19.5 Å². The Hall–Kier alpha value is -3.48. The normalized spacial score (nSPS) is 14.1. The first-order chi connectivity index (χ1) is 12.4. The van der Waals surface area contributed by atoms with E-state index in [-0.39, 0.29) is 12.1 Å². The molecule has 1 aliphatic heterocycles. The number of aromatic carboxylic acids is 1. The summed E-state index contributed by atoms with van der Waals surface area (Å²) in [6, 6.07) is 11.6. The van der Waals surface area contributed by atoms with E-state index in [4.69, 9.17) is 5.11 Å². The summed E-state index contributed by atoms with van der Waals surface area (Å²) in [6.45, 7) is 1.65. The van der Waals surface area contributed by atoms with Crippen molar-refractivity contribution in [1.82, 2.24) is 10.2 Å². The third-order valence-corrected chi connectivity index (χ3v) is 4.26. The van der Waals surface area contributed by atoms with Gasteiger partial charge in [0.1, 0.15) is 6.04 Å². The zero-order valence-corrected chi connectivity index (χ0v) is 13.9. The molecule has 26 heavy (non-hydrogen) atoms. The van der Waals surface area contributed by atoms with Crippen molar-refractivity contribution in [2.75, 3.05) is 0 Å². The molecular weight excluding hydrogens is 336 g/mol. The van der Waals surface area contributed by atoms with E-state index >= 15 is 0 Å². The Morgan fingerprint density at radius 3 is 2.04 bits per heavy atom. The molecule has 0 saturated heterocycles. The molecule has 2 N–H and O–H groups in total. The number of imide groups is 1. The standard InChI is InChI=1S/C19H16N2O5/c1-11(21-17(23)14-4-2-3-5-15(14)18(21)24)16(22)20-10-12-6-8-13(9-7-12)19(25)26/h2-9,11H,10H2,1H3,(H,20,22)(H,25,26). The number of rotatable bonds is 5. The summed E-state index contributed by atoms with van der Waals surface area (Å²) in [5.74, 6) is -2.47. The quantitative estimate of drug-likeness (QED) is 0.797. The van der Waals surface area contributed by atoms with Crippen molar-refractivity contribution in [3.63, 3.8) is 0 Å². The van der Waals surface area contributed by atoms with Crippen molar-refractivity contribution < 1.29 is 24.3 Å². The summed E-state index contributed by atoms with van der Waals surface area (Å²) in [7, 11) is 0. The van der Waals surface area contributed by atoms with Crippen LogP contribution in [0.2, 0.25) is 0 Å². The zero-order chi connectivity index (χ0) is 18.8. The molecule has 0 aromatic heterocycles. The smallest absolute Gasteiger partial charge is 0.335 e. The van der Waals surface area contributed by atoms with Gasteiger partial charge in [-0.1, -0.05) is 24.3 Å². The van der Waals surface area contributed by atoms with Gasteiger partial charge in [0.2, 0.25) is 5.91 Å². The van der Waals surface area contributed by atoms with Gasteiger partial charge < -0.3 is 10.4 Å². The second-order valence-electron chi connectivity index (χ2n) is 5.92. The number of fused-ring (bicyclic) bond motifs is 1. The Kier molecular flexibility index (Phi) is 4.53. The monoisotopic (exact) mass is 352 g/mol. The third-order valence-electron chi connectivity index (χ3n) is 4.26. The second kappa shape index (κ2) is 6.79. The van der Waals surface area contributed by atoms with Crippen molar-refractivity contribution in [3.05, 3.63) is 70.8 Å². The maximum absolute atomic E-state index is 12.4. The van der Waals surface area contributed by atoms with Gasteiger partial charge in [0.15, 0.2) is 0 Å². The molecule has 1 unspecified atom stereocenters. The predicted molar refractivity (Wildman–Crippen MR) is 91.7 cm³/mol. The molecule has 1 atom stereocenters. The number of carbonyl (C=O) groups excluding carboxylic acids is 3. The minimum Gasteiger partial charge on any atom is -0.478 e. The van der Waals surface area contributed by atoms with E-state index in [1.165, 1.54) is 19.1 Å². The summed E-state index contributed by atoms with van der Waals surface area (Å²) in [5.41, 5.74) is 1.44. The van der Waals surface area contributed by atoms with Gasteiger partial charge in [-0.25, -0.2) is 4.79 Å². The van der Waals surface area contributed by atoms with Gasteiger partial charge in [0.25, 0.3) is 11.8 Å². The fourth-order valence-corrected chi connectivity index (χ4v) is 2.78. The summed E-state index contributed by atoms with van der Waals surface area (Å²) in [6.07, 6.45) is 0. The summed E-state index contributed by atoms with van der Waals surface area (Å²) < 4.78 is 0. The van der Waals surface area contributed by atoms with Gasteiger partial charge in [-0.15, -0.1) is 0 Å². The van der Waals surface area contributed by atoms with Gasteiger partial charge in [-0.05, 0) is 36.8 Å². The van der Waals surface area contributed by atoms with Crippen LogP contribution >= 0.6 is 0 Å². The Morgan fingerprint density at radius 2 is 1.54 bits per heavy atom. The Morgan fingerprint density at radius 1 is 1.00 bits per heavy atom. The van der Waals surface area contributed by atoms with E-state index in [0.717, 1.165) is 4.90 Å². The highest BCUT2D eigenvalue weighted by molar-refractivity contribution is 6.22. The summed E-state index contributed by atoms with van der Waals surface area (Å²) in [4.78, 5) is 48.9. The molecule has 1 aliphatic rings. The van der Waals surface area contributed by atoms with Gasteiger partial charge in [-0.2, -0.15) is 0 Å². The largest absolute Gasteiger partial charge is 0.478 e. The van der Waals surface area contributed by atoms with Crippen molar-refractivity contribution in [2.24, 2.45) is 0 Å². The van der Waals surface area contributed by atoms with Gasteiger partial charge >= 0.3 is 5.97 Å². The maximum atomic E-state index is 12.4. The number of hydrogen-bond acceptors (Lipinski definition) is 4. The van der Waals surface area contributed by atoms with Crippen molar-refractivity contribution in [3.8, 4) is 0 Å². The van der Waals surface area contributed by atoms with Crippen LogP contribution in [0, 0.1) is 0 Å². The third kappa shape index (κ3) is 3.06. The lowest BCUT2D eigenvalue weighted by molar-refractivity contribution is -0.124. The number of carboxylic acid groups (broad SMARTS) is 1. The van der Waals surface area contributed by atoms with Crippen LogP contribution < -0.4 is 5.32 Å². The average Bonchev–Trinajstić information content (AvgIpc) is 2.90. The lowest BCUT2D eigenvalue weighted by atomic mass is 10.1. The number of nitrogens with zero attached hydrogens (tertiary/aromatic N) is 1. The molecule has 0 saturated carbocycles. The van der Waals surface area contributed by atoms with Crippen LogP contribution in [0.25, 0.3) is 0 Å². The molecule has 132 valence electrons. The number of nitrogens with one attached hydrogen (secondary N) is 1. The SMILES string of the molecule is CC(C(=O)NCc1ccc(C(=O)O)cc1)N1C(=O)c2ccccc2C1=O. The molecule has 3 rings (SSSR count). The zero-order valence-electron chi connectivity index (χ0n) is 13.9. The second-order valence-corrected chi connectivity index (χ2v) is 5.92. The molecule has 0 radical (unpaired) electrons. The van der Waals surface area contributed by atoms with E-state index in [2.05, 4.69) is 5.32 Å². The highest BCUT2D eigenvalue weighted by Gasteiger charge is 2.40. The lowest BCUT2D eigenvalue weighted by Crippen LogP contribution is -2.47. The minimum absolute atomic E-state index is 0.152. The molecule has 1 heterocycles. The molecule has 7 nitrogen and oxygen atoms in total. The van der Waals surface area contributed by atoms with E-state index in [1.807, 2.05) is 0 Å². The van der Waals surface area contributed by atoms with Crippen LogP contribution in [-0.2, 0) is 11.3 Å². The molecule has 7 heteroatoms. The fourth-order valence-electron chi connectivity index (χ4n) is 2.78.